The SMILES string of the molecule is CNC1CCC(Cc2cccs2)C1C. The van der Waals surface area contributed by atoms with Crippen LogP contribution in [-0.4, -0.2) is 13.1 Å². The minimum atomic E-state index is 0.750. The Labute approximate surface area is 90.5 Å². The van der Waals surface area contributed by atoms with Crippen molar-refractivity contribution >= 4 is 11.3 Å². The van der Waals surface area contributed by atoms with E-state index in [4.69, 9.17) is 0 Å². The second-order valence-corrected chi connectivity index (χ2v) is 5.41. The zero-order valence-corrected chi connectivity index (χ0v) is 9.81. The van der Waals surface area contributed by atoms with Crippen molar-refractivity contribution in [1.82, 2.24) is 5.32 Å². The predicted molar refractivity (Wildman–Crippen MR) is 62.8 cm³/mol. The fraction of sp³-hybridized carbons (Fsp3) is 0.667. The maximum Gasteiger partial charge on any atom is 0.00925 e. The molecule has 0 aromatic carbocycles. The van der Waals surface area contributed by atoms with E-state index in [2.05, 4.69) is 36.8 Å². The normalized spacial score (nSPS) is 32.3. The molecule has 1 aromatic rings. The fourth-order valence-electron chi connectivity index (χ4n) is 2.63. The summed E-state index contributed by atoms with van der Waals surface area (Å²) in [5.74, 6) is 1.73. The monoisotopic (exact) mass is 209 g/mol. The van der Waals surface area contributed by atoms with Crippen LogP contribution in [0.4, 0.5) is 0 Å². The van der Waals surface area contributed by atoms with Gasteiger partial charge in [0.05, 0.1) is 0 Å². The molecule has 0 spiro atoms. The molecule has 2 rings (SSSR count). The molecule has 1 aromatic heterocycles. The van der Waals surface area contributed by atoms with E-state index in [1.807, 2.05) is 11.3 Å². The molecule has 1 aliphatic carbocycles. The highest BCUT2D eigenvalue weighted by molar-refractivity contribution is 7.09. The average Bonchev–Trinajstić information content (AvgIpc) is 2.79. The summed E-state index contributed by atoms with van der Waals surface area (Å²) < 4.78 is 0. The molecule has 2 heteroatoms. The first-order valence-corrected chi connectivity index (χ1v) is 6.39. The molecule has 0 bridgehead atoms. The van der Waals surface area contributed by atoms with Gasteiger partial charge in [-0.1, -0.05) is 13.0 Å². The molecule has 0 aliphatic heterocycles. The minimum Gasteiger partial charge on any atom is -0.317 e. The lowest BCUT2D eigenvalue weighted by atomic mass is 9.92. The lowest BCUT2D eigenvalue weighted by molar-refractivity contribution is 0.365. The van der Waals surface area contributed by atoms with E-state index in [1.54, 1.807) is 4.88 Å². The summed E-state index contributed by atoms with van der Waals surface area (Å²) in [5, 5.41) is 5.61. The van der Waals surface area contributed by atoms with Crippen molar-refractivity contribution in [2.75, 3.05) is 7.05 Å². The van der Waals surface area contributed by atoms with Gasteiger partial charge in [-0.25, -0.2) is 0 Å². The van der Waals surface area contributed by atoms with Gasteiger partial charge >= 0.3 is 0 Å². The molecule has 1 heterocycles. The second kappa shape index (κ2) is 4.45. The van der Waals surface area contributed by atoms with Crippen LogP contribution < -0.4 is 5.32 Å². The molecule has 1 N–H and O–H groups in total. The smallest absolute Gasteiger partial charge is 0.00925 e. The molecule has 1 fully saturated rings. The molecule has 78 valence electrons. The summed E-state index contributed by atoms with van der Waals surface area (Å²) in [6, 6.07) is 5.18. The van der Waals surface area contributed by atoms with Crippen molar-refractivity contribution in [2.45, 2.75) is 32.2 Å². The first-order valence-electron chi connectivity index (χ1n) is 5.51. The van der Waals surface area contributed by atoms with Crippen LogP contribution in [0.1, 0.15) is 24.6 Å². The van der Waals surface area contributed by atoms with Crippen molar-refractivity contribution in [1.29, 1.82) is 0 Å². The van der Waals surface area contributed by atoms with Crippen molar-refractivity contribution in [3.8, 4) is 0 Å². The largest absolute Gasteiger partial charge is 0.317 e. The van der Waals surface area contributed by atoms with Crippen molar-refractivity contribution < 1.29 is 0 Å². The topological polar surface area (TPSA) is 12.0 Å². The van der Waals surface area contributed by atoms with Gasteiger partial charge < -0.3 is 5.32 Å². The van der Waals surface area contributed by atoms with Gasteiger partial charge in [-0.15, -0.1) is 11.3 Å². The molecule has 1 nitrogen and oxygen atoms in total. The van der Waals surface area contributed by atoms with Gasteiger partial charge in [-0.3, -0.25) is 0 Å². The Morgan fingerprint density at radius 1 is 1.50 bits per heavy atom. The maximum absolute atomic E-state index is 3.43. The first kappa shape index (κ1) is 10.2. The summed E-state index contributed by atoms with van der Waals surface area (Å²) in [7, 11) is 2.09. The van der Waals surface area contributed by atoms with Crippen molar-refractivity contribution in [2.24, 2.45) is 11.8 Å². The van der Waals surface area contributed by atoms with Gasteiger partial charge in [0, 0.05) is 10.9 Å². The summed E-state index contributed by atoms with van der Waals surface area (Å²) in [4.78, 5) is 1.55. The van der Waals surface area contributed by atoms with Gasteiger partial charge in [0.15, 0.2) is 0 Å². The second-order valence-electron chi connectivity index (χ2n) is 4.38. The Kier molecular flexibility index (Phi) is 3.24. The summed E-state index contributed by atoms with van der Waals surface area (Å²) in [6.45, 7) is 2.40. The Balaban J connectivity index is 1.94. The van der Waals surface area contributed by atoms with Crippen LogP contribution in [0.2, 0.25) is 0 Å². The van der Waals surface area contributed by atoms with E-state index in [0.717, 1.165) is 17.9 Å². The molecule has 1 saturated carbocycles. The van der Waals surface area contributed by atoms with E-state index in [-0.39, 0.29) is 0 Å². The number of thiophene rings is 1. The molecule has 0 saturated heterocycles. The highest BCUT2D eigenvalue weighted by Gasteiger charge is 2.31. The summed E-state index contributed by atoms with van der Waals surface area (Å²) >= 11 is 1.90. The van der Waals surface area contributed by atoms with Crippen molar-refractivity contribution in [3.05, 3.63) is 22.4 Å². The standard InChI is InChI=1S/C12H19NS/c1-9-10(5-6-12(9)13-2)8-11-4-3-7-14-11/h3-4,7,9-10,12-13H,5-6,8H2,1-2H3. The van der Waals surface area contributed by atoms with Crippen molar-refractivity contribution in [3.63, 3.8) is 0 Å². The third-order valence-electron chi connectivity index (χ3n) is 3.64. The van der Waals surface area contributed by atoms with Crippen LogP contribution >= 0.6 is 11.3 Å². The number of hydrogen-bond donors (Lipinski definition) is 1. The van der Waals surface area contributed by atoms with Crippen LogP contribution in [0.5, 0.6) is 0 Å². The Bertz CT molecular complexity index is 268. The Morgan fingerprint density at radius 2 is 2.36 bits per heavy atom. The van der Waals surface area contributed by atoms with Crippen LogP contribution in [0.25, 0.3) is 0 Å². The number of hydrogen-bond acceptors (Lipinski definition) is 2. The van der Waals surface area contributed by atoms with Gasteiger partial charge in [0.2, 0.25) is 0 Å². The average molecular weight is 209 g/mol. The van der Waals surface area contributed by atoms with Crippen LogP contribution in [0.15, 0.2) is 17.5 Å². The number of rotatable bonds is 3. The zero-order valence-electron chi connectivity index (χ0n) is 8.99. The molecule has 1 aliphatic rings. The molecule has 0 amide bonds. The van der Waals surface area contributed by atoms with E-state index in [9.17, 15) is 0 Å². The van der Waals surface area contributed by atoms with Crippen LogP contribution in [0.3, 0.4) is 0 Å². The maximum atomic E-state index is 3.43. The van der Waals surface area contributed by atoms with E-state index in [0.29, 0.717) is 0 Å². The molecule has 3 unspecified atom stereocenters. The fourth-order valence-corrected chi connectivity index (χ4v) is 3.43. The molecule has 14 heavy (non-hydrogen) atoms. The Morgan fingerprint density at radius 3 is 2.93 bits per heavy atom. The zero-order chi connectivity index (χ0) is 9.97. The number of nitrogens with one attached hydrogen (secondary N) is 1. The third-order valence-corrected chi connectivity index (χ3v) is 4.54. The highest BCUT2D eigenvalue weighted by Crippen LogP contribution is 2.34. The van der Waals surface area contributed by atoms with Crippen LogP contribution in [0, 0.1) is 11.8 Å². The summed E-state index contributed by atoms with van der Waals surface area (Å²) in [5.41, 5.74) is 0. The van der Waals surface area contributed by atoms with E-state index >= 15 is 0 Å². The van der Waals surface area contributed by atoms with Gasteiger partial charge in [-0.05, 0) is 49.6 Å². The van der Waals surface area contributed by atoms with E-state index < -0.39 is 0 Å². The molecular weight excluding hydrogens is 190 g/mol. The predicted octanol–water partition coefficient (Wildman–Crippen LogP) is 2.92. The van der Waals surface area contributed by atoms with Gasteiger partial charge in [0.25, 0.3) is 0 Å². The lowest BCUT2D eigenvalue weighted by Crippen LogP contribution is -2.29. The van der Waals surface area contributed by atoms with Gasteiger partial charge in [-0.2, -0.15) is 0 Å². The molecular formula is C12H19NS. The van der Waals surface area contributed by atoms with E-state index in [1.165, 1.54) is 19.3 Å². The Hall–Kier alpha value is -0.340. The molecule has 0 radical (unpaired) electrons. The summed E-state index contributed by atoms with van der Waals surface area (Å²) in [6.07, 6.45) is 4.04. The quantitative estimate of drug-likeness (QED) is 0.807. The minimum absolute atomic E-state index is 0.750. The highest BCUT2D eigenvalue weighted by atomic mass is 32.1. The lowest BCUT2D eigenvalue weighted by Gasteiger charge is -2.19. The first-order chi connectivity index (χ1) is 6.81. The third kappa shape index (κ3) is 2.01. The van der Waals surface area contributed by atoms with Crippen LogP contribution in [-0.2, 0) is 6.42 Å². The molecule has 3 atom stereocenters. The van der Waals surface area contributed by atoms with Gasteiger partial charge in [0.1, 0.15) is 0 Å².